The minimum absolute atomic E-state index is 0.0888. The van der Waals surface area contributed by atoms with Gasteiger partial charge in [0.2, 0.25) is 5.91 Å². The first-order chi connectivity index (χ1) is 8.61. The first-order valence-corrected chi connectivity index (χ1v) is 7.14. The monoisotopic (exact) mass is 245 g/mol. The average molecular weight is 245 g/mol. The Morgan fingerprint density at radius 3 is 2.56 bits per heavy atom. The van der Waals surface area contributed by atoms with Crippen molar-refractivity contribution in [2.45, 2.75) is 38.6 Å². The van der Waals surface area contributed by atoms with E-state index in [2.05, 4.69) is 6.58 Å². The van der Waals surface area contributed by atoms with Gasteiger partial charge < -0.3 is 0 Å². The summed E-state index contributed by atoms with van der Waals surface area (Å²) in [6.07, 6.45) is 5.15. The van der Waals surface area contributed by atoms with Gasteiger partial charge in [-0.15, -0.1) is 0 Å². The van der Waals surface area contributed by atoms with E-state index >= 15 is 0 Å². The maximum Gasteiger partial charge on any atom is 0.255 e. The molecule has 0 radical (unpaired) electrons. The number of carbonyl (C=O) groups is 2. The Balaban J connectivity index is 1.65. The second kappa shape index (κ2) is 3.25. The number of nitrogens with zero attached hydrogens (tertiary/aromatic N) is 1. The van der Waals surface area contributed by atoms with E-state index in [4.69, 9.17) is 0 Å². The highest BCUT2D eigenvalue weighted by Crippen LogP contribution is 2.65. The summed E-state index contributed by atoms with van der Waals surface area (Å²) in [5.74, 6) is 2.92. The van der Waals surface area contributed by atoms with Crippen molar-refractivity contribution in [1.29, 1.82) is 0 Å². The normalized spacial score (nSPS) is 47.8. The van der Waals surface area contributed by atoms with Crippen LogP contribution in [0.5, 0.6) is 0 Å². The highest BCUT2D eigenvalue weighted by molar-refractivity contribution is 6.08. The smallest absolute Gasteiger partial charge is 0.255 e. The summed E-state index contributed by atoms with van der Waals surface area (Å²) in [6.45, 7) is 5.39. The van der Waals surface area contributed by atoms with Gasteiger partial charge >= 0.3 is 0 Å². The highest BCUT2D eigenvalue weighted by Gasteiger charge is 2.69. The van der Waals surface area contributed by atoms with Gasteiger partial charge in [-0.1, -0.05) is 13.0 Å². The van der Waals surface area contributed by atoms with Gasteiger partial charge in [-0.05, 0) is 49.9 Å². The van der Waals surface area contributed by atoms with Crippen molar-refractivity contribution in [3.63, 3.8) is 0 Å². The lowest BCUT2D eigenvalue weighted by Gasteiger charge is -2.51. The predicted octanol–water partition coefficient (Wildman–Crippen LogP) is 1.98. The van der Waals surface area contributed by atoms with Crippen molar-refractivity contribution in [3.8, 4) is 0 Å². The zero-order valence-electron chi connectivity index (χ0n) is 10.8. The Morgan fingerprint density at radius 1 is 1.22 bits per heavy atom. The van der Waals surface area contributed by atoms with Crippen molar-refractivity contribution in [3.05, 3.63) is 12.2 Å². The molecule has 6 unspecified atom stereocenters. The van der Waals surface area contributed by atoms with Crippen LogP contribution >= 0.6 is 0 Å². The molecule has 0 aromatic rings. The first kappa shape index (κ1) is 10.8. The number of imide groups is 1. The van der Waals surface area contributed by atoms with Crippen LogP contribution in [-0.4, -0.2) is 22.8 Å². The maximum absolute atomic E-state index is 12.2. The largest absolute Gasteiger partial charge is 0.274 e. The fourth-order valence-corrected chi connectivity index (χ4v) is 5.42. The van der Waals surface area contributed by atoms with Gasteiger partial charge in [0.05, 0.1) is 12.0 Å². The molecule has 1 saturated heterocycles. The zero-order valence-corrected chi connectivity index (χ0v) is 10.8. The Labute approximate surface area is 107 Å². The van der Waals surface area contributed by atoms with Crippen LogP contribution in [-0.2, 0) is 9.59 Å². The molecule has 0 spiro atoms. The second-order valence-corrected chi connectivity index (χ2v) is 6.63. The molecular formula is C15H19NO2. The molecule has 4 rings (SSSR count). The number of likely N-dealkylation sites (tertiary alicyclic amines) is 1. The number of hydrogen-bond donors (Lipinski definition) is 0. The van der Waals surface area contributed by atoms with Crippen LogP contribution in [0.25, 0.3) is 0 Å². The van der Waals surface area contributed by atoms with Crippen molar-refractivity contribution < 1.29 is 9.59 Å². The second-order valence-electron chi connectivity index (χ2n) is 6.63. The van der Waals surface area contributed by atoms with E-state index < -0.39 is 0 Å². The number of carbonyl (C=O) groups excluding carboxylic acids is 2. The third-order valence-corrected chi connectivity index (χ3v) is 5.94. The predicted molar refractivity (Wildman–Crippen MR) is 66.4 cm³/mol. The van der Waals surface area contributed by atoms with E-state index in [0.29, 0.717) is 17.4 Å². The van der Waals surface area contributed by atoms with Crippen molar-refractivity contribution >= 4 is 11.8 Å². The lowest BCUT2D eigenvalue weighted by atomic mass is 9.67. The van der Waals surface area contributed by atoms with Crippen molar-refractivity contribution in [2.24, 2.45) is 29.6 Å². The maximum atomic E-state index is 12.2. The summed E-state index contributed by atoms with van der Waals surface area (Å²) in [7, 11) is 0. The molecule has 6 atom stereocenters. The summed E-state index contributed by atoms with van der Waals surface area (Å²) in [5, 5.41) is 0. The molecule has 96 valence electrons. The van der Waals surface area contributed by atoms with Gasteiger partial charge in [0, 0.05) is 5.57 Å². The summed E-state index contributed by atoms with van der Waals surface area (Å²) < 4.78 is 0. The molecule has 3 saturated carbocycles. The van der Waals surface area contributed by atoms with Crippen molar-refractivity contribution in [2.75, 3.05) is 0 Å². The lowest BCUT2D eigenvalue weighted by Crippen LogP contribution is -2.67. The fourth-order valence-electron chi connectivity index (χ4n) is 5.42. The number of β-lactam (4-membered cyclic amide) rings is 1. The highest BCUT2D eigenvalue weighted by atomic mass is 16.2. The quantitative estimate of drug-likeness (QED) is 0.523. The zero-order chi connectivity index (χ0) is 12.6. The van der Waals surface area contributed by atoms with Gasteiger partial charge in [0.1, 0.15) is 0 Å². The molecule has 0 N–H and O–H groups in total. The first-order valence-electron chi connectivity index (χ1n) is 7.14. The van der Waals surface area contributed by atoms with Crippen LogP contribution < -0.4 is 0 Å². The molecule has 1 heterocycles. The van der Waals surface area contributed by atoms with E-state index in [0.717, 1.165) is 11.8 Å². The summed E-state index contributed by atoms with van der Waals surface area (Å²) in [6, 6.07) is 0.228. The van der Waals surface area contributed by atoms with E-state index in [-0.39, 0.29) is 23.8 Å². The standard InChI is InChI=1S/C15H19NO2/c1-7(2)14(17)16-13-11-6-10(12(13)15(16)18)8-4-3-5-9(8)11/h8-13H,1,3-6H2,2H3. The van der Waals surface area contributed by atoms with E-state index in [9.17, 15) is 9.59 Å². The van der Waals surface area contributed by atoms with E-state index in [1.165, 1.54) is 30.6 Å². The molecule has 3 heteroatoms. The van der Waals surface area contributed by atoms with Crippen LogP contribution in [0.1, 0.15) is 32.6 Å². The SMILES string of the molecule is C=C(C)C(=O)N1C(=O)C2C3CC(C4CCCC43)C21. The third-order valence-electron chi connectivity index (χ3n) is 5.94. The minimum Gasteiger partial charge on any atom is -0.274 e. The van der Waals surface area contributed by atoms with Crippen LogP contribution in [0.2, 0.25) is 0 Å². The molecule has 4 aliphatic rings. The Kier molecular flexibility index (Phi) is 1.95. The van der Waals surface area contributed by atoms with Crippen molar-refractivity contribution in [1.82, 2.24) is 4.90 Å². The molecule has 0 aromatic heterocycles. The molecule has 3 nitrogen and oxygen atoms in total. The van der Waals surface area contributed by atoms with Gasteiger partial charge in [-0.2, -0.15) is 0 Å². The molecule has 2 bridgehead atoms. The lowest BCUT2D eigenvalue weighted by molar-refractivity contribution is -0.171. The third kappa shape index (κ3) is 1.03. The van der Waals surface area contributed by atoms with Gasteiger partial charge in [0.15, 0.2) is 0 Å². The molecular weight excluding hydrogens is 226 g/mol. The van der Waals surface area contributed by atoms with E-state index in [1.54, 1.807) is 6.92 Å². The Hall–Kier alpha value is -1.12. The molecule has 1 aliphatic heterocycles. The number of fused-ring (bicyclic) bond motifs is 8. The summed E-state index contributed by atoms with van der Waals surface area (Å²) in [4.78, 5) is 25.8. The van der Waals surface area contributed by atoms with Crippen LogP contribution in [0, 0.1) is 29.6 Å². The molecule has 4 fully saturated rings. The Morgan fingerprint density at radius 2 is 1.89 bits per heavy atom. The average Bonchev–Trinajstić information content (AvgIpc) is 2.96. The minimum atomic E-state index is -0.136. The molecule has 0 aromatic carbocycles. The number of rotatable bonds is 1. The summed E-state index contributed by atoms with van der Waals surface area (Å²) in [5.41, 5.74) is 0.493. The number of hydrogen-bond acceptors (Lipinski definition) is 2. The van der Waals surface area contributed by atoms with Gasteiger partial charge in [0.25, 0.3) is 5.91 Å². The van der Waals surface area contributed by atoms with Crippen LogP contribution in [0.4, 0.5) is 0 Å². The van der Waals surface area contributed by atoms with E-state index in [1.807, 2.05) is 0 Å². The summed E-state index contributed by atoms with van der Waals surface area (Å²) >= 11 is 0. The van der Waals surface area contributed by atoms with Gasteiger partial charge in [-0.3, -0.25) is 14.5 Å². The molecule has 18 heavy (non-hydrogen) atoms. The van der Waals surface area contributed by atoms with Crippen LogP contribution in [0.3, 0.4) is 0 Å². The van der Waals surface area contributed by atoms with Gasteiger partial charge in [-0.25, -0.2) is 0 Å². The molecule has 2 amide bonds. The van der Waals surface area contributed by atoms with Crippen LogP contribution in [0.15, 0.2) is 12.2 Å². The topological polar surface area (TPSA) is 37.4 Å². The fraction of sp³-hybridized carbons (Fsp3) is 0.733. The Bertz CT molecular complexity index is 469. The number of amides is 2. The molecule has 3 aliphatic carbocycles.